The minimum Gasteiger partial charge on any atom is -0.496 e. The summed E-state index contributed by atoms with van der Waals surface area (Å²) < 4.78 is 10.4. The molecular formula is C14H21ClN4O2S. The molecule has 0 bridgehead atoms. The third kappa shape index (κ3) is 4.88. The summed E-state index contributed by atoms with van der Waals surface area (Å²) in [4.78, 5) is 7.44. The molecule has 0 unspecified atom stereocenters. The third-order valence-corrected chi connectivity index (χ3v) is 3.77. The zero-order chi connectivity index (χ0) is 15.2. The van der Waals surface area contributed by atoms with Crippen LogP contribution in [0, 0.1) is 0 Å². The average molecular weight is 345 g/mol. The van der Waals surface area contributed by atoms with Crippen molar-refractivity contribution in [2.24, 2.45) is 5.73 Å². The van der Waals surface area contributed by atoms with Crippen molar-refractivity contribution in [1.82, 2.24) is 15.0 Å². The molecule has 2 aromatic rings. The van der Waals surface area contributed by atoms with Gasteiger partial charge in [-0.2, -0.15) is 4.98 Å². The molecule has 1 aromatic carbocycles. The van der Waals surface area contributed by atoms with Crippen LogP contribution in [0.1, 0.15) is 17.3 Å². The van der Waals surface area contributed by atoms with Crippen molar-refractivity contribution in [1.29, 1.82) is 0 Å². The molecule has 0 spiro atoms. The topological polar surface area (TPSA) is 77.4 Å². The minimum absolute atomic E-state index is 0. The van der Waals surface area contributed by atoms with Gasteiger partial charge in [-0.1, -0.05) is 11.2 Å². The lowest BCUT2D eigenvalue weighted by atomic mass is 10.2. The average Bonchev–Trinajstić information content (AvgIpc) is 2.94. The van der Waals surface area contributed by atoms with Gasteiger partial charge in [0.05, 0.1) is 20.2 Å². The predicted octanol–water partition coefficient (Wildman–Crippen LogP) is 2.31. The van der Waals surface area contributed by atoms with Crippen molar-refractivity contribution in [2.75, 3.05) is 20.4 Å². The molecule has 0 saturated heterocycles. The van der Waals surface area contributed by atoms with Crippen LogP contribution in [0.25, 0.3) is 0 Å². The highest BCUT2D eigenvalue weighted by Gasteiger charge is 2.10. The molecule has 6 nitrogen and oxygen atoms in total. The summed E-state index contributed by atoms with van der Waals surface area (Å²) in [6.45, 7) is 1.65. The lowest BCUT2D eigenvalue weighted by Crippen LogP contribution is -2.18. The Morgan fingerprint density at radius 2 is 2.14 bits per heavy atom. The third-order valence-electron chi connectivity index (χ3n) is 3.00. The second kappa shape index (κ2) is 8.99. The predicted molar refractivity (Wildman–Crippen MR) is 89.4 cm³/mol. The van der Waals surface area contributed by atoms with Gasteiger partial charge in [0.25, 0.3) is 0 Å². The Kier molecular flexibility index (Phi) is 7.67. The zero-order valence-corrected chi connectivity index (χ0v) is 14.5. The maximum absolute atomic E-state index is 5.45. The van der Waals surface area contributed by atoms with Crippen molar-refractivity contribution in [2.45, 2.75) is 24.5 Å². The van der Waals surface area contributed by atoms with Gasteiger partial charge in [-0.25, -0.2) is 0 Å². The Hall–Kier alpha value is -1.28. The van der Waals surface area contributed by atoms with E-state index in [-0.39, 0.29) is 19.0 Å². The Morgan fingerprint density at radius 1 is 1.36 bits per heavy atom. The van der Waals surface area contributed by atoms with Crippen molar-refractivity contribution in [3.63, 3.8) is 0 Å². The molecule has 122 valence electrons. The first-order chi connectivity index (χ1) is 10.2. The molecule has 0 amide bonds. The van der Waals surface area contributed by atoms with Gasteiger partial charge in [0, 0.05) is 11.4 Å². The van der Waals surface area contributed by atoms with E-state index in [9.17, 15) is 0 Å². The largest absolute Gasteiger partial charge is 0.496 e. The quantitative estimate of drug-likeness (QED) is 0.772. The maximum atomic E-state index is 5.45. The molecule has 1 heterocycles. The SMILES string of the molecule is COc1cc(CN(C)Cc2noc(CN)n2)ccc1SC.Cl. The van der Waals surface area contributed by atoms with Gasteiger partial charge in [-0.3, -0.25) is 4.90 Å². The summed E-state index contributed by atoms with van der Waals surface area (Å²) in [7, 11) is 3.70. The molecule has 0 fully saturated rings. The van der Waals surface area contributed by atoms with E-state index in [0.29, 0.717) is 18.3 Å². The first-order valence-corrected chi connectivity index (χ1v) is 7.79. The summed E-state index contributed by atoms with van der Waals surface area (Å²) >= 11 is 1.67. The number of methoxy groups -OCH3 is 1. The molecule has 8 heteroatoms. The number of hydrogen-bond donors (Lipinski definition) is 1. The summed E-state index contributed by atoms with van der Waals surface area (Å²) in [5.74, 6) is 2.01. The number of aromatic nitrogens is 2. The Morgan fingerprint density at radius 3 is 2.73 bits per heavy atom. The van der Waals surface area contributed by atoms with E-state index in [1.54, 1.807) is 18.9 Å². The monoisotopic (exact) mass is 344 g/mol. The van der Waals surface area contributed by atoms with Crippen LogP contribution in [0.4, 0.5) is 0 Å². The summed E-state index contributed by atoms with van der Waals surface area (Å²) in [6.07, 6.45) is 2.04. The van der Waals surface area contributed by atoms with E-state index < -0.39 is 0 Å². The number of ether oxygens (including phenoxy) is 1. The van der Waals surface area contributed by atoms with E-state index in [1.807, 2.05) is 13.3 Å². The van der Waals surface area contributed by atoms with Crippen LogP contribution >= 0.6 is 24.2 Å². The molecule has 2 rings (SSSR count). The molecular weight excluding hydrogens is 324 g/mol. The van der Waals surface area contributed by atoms with Crippen molar-refractivity contribution < 1.29 is 9.26 Å². The first-order valence-electron chi connectivity index (χ1n) is 6.57. The standard InChI is InChI=1S/C14H20N4O2S.ClH/c1-18(9-13-16-14(7-15)20-17-13)8-10-4-5-12(21-3)11(6-10)19-2;/h4-6H,7-9,15H2,1-3H3;1H. The minimum atomic E-state index is 0. The van der Waals surface area contributed by atoms with Crippen LogP contribution in [0.5, 0.6) is 5.75 Å². The van der Waals surface area contributed by atoms with Crippen LogP contribution in [0.3, 0.4) is 0 Å². The molecule has 0 aliphatic heterocycles. The second-order valence-corrected chi connectivity index (χ2v) is 5.52. The lowest BCUT2D eigenvalue weighted by Gasteiger charge is -2.16. The number of hydrogen-bond acceptors (Lipinski definition) is 7. The maximum Gasteiger partial charge on any atom is 0.240 e. The number of halogens is 1. The zero-order valence-electron chi connectivity index (χ0n) is 12.9. The van der Waals surface area contributed by atoms with Crippen molar-refractivity contribution in [3.05, 3.63) is 35.5 Å². The number of nitrogens with two attached hydrogens (primary N) is 1. The van der Waals surface area contributed by atoms with E-state index in [1.165, 1.54) is 5.56 Å². The first kappa shape index (κ1) is 18.8. The molecule has 0 saturated carbocycles. The number of rotatable bonds is 7. The number of thioether (sulfide) groups is 1. The van der Waals surface area contributed by atoms with Crippen LogP contribution in [-0.4, -0.2) is 35.5 Å². The van der Waals surface area contributed by atoms with Gasteiger partial charge in [0.15, 0.2) is 5.82 Å². The van der Waals surface area contributed by atoms with Crippen LogP contribution in [-0.2, 0) is 19.6 Å². The Bertz CT molecular complexity index is 594. The Balaban J connectivity index is 0.00000242. The second-order valence-electron chi connectivity index (χ2n) is 4.67. The molecule has 0 atom stereocenters. The van der Waals surface area contributed by atoms with Gasteiger partial charge in [-0.15, -0.1) is 24.2 Å². The highest BCUT2D eigenvalue weighted by atomic mass is 35.5. The van der Waals surface area contributed by atoms with E-state index in [2.05, 4.69) is 33.2 Å². The molecule has 0 aliphatic rings. The van der Waals surface area contributed by atoms with Gasteiger partial charge in [0.1, 0.15) is 5.75 Å². The highest BCUT2D eigenvalue weighted by molar-refractivity contribution is 7.98. The fourth-order valence-corrected chi connectivity index (χ4v) is 2.57. The van der Waals surface area contributed by atoms with Gasteiger partial charge < -0.3 is 15.0 Å². The summed E-state index contributed by atoms with van der Waals surface area (Å²) in [5, 5.41) is 3.89. The van der Waals surface area contributed by atoms with E-state index >= 15 is 0 Å². The van der Waals surface area contributed by atoms with Crippen LogP contribution < -0.4 is 10.5 Å². The molecule has 1 aromatic heterocycles. The van der Waals surface area contributed by atoms with Crippen LogP contribution in [0.2, 0.25) is 0 Å². The van der Waals surface area contributed by atoms with E-state index in [4.69, 9.17) is 15.0 Å². The molecule has 2 N–H and O–H groups in total. The van der Waals surface area contributed by atoms with Crippen molar-refractivity contribution >= 4 is 24.2 Å². The molecule has 0 aliphatic carbocycles. The highest BCUT2D eigenvalue weighted by Crippen LogP contribution is 2.28. The summed E-state index contributed by atoms with van der Waals surface area (Å²) in [5.41, 5.74) is 6.63. The fraction of sp³-hybridized carbons (Fsp3) is 0.429. The van der Waals surface area contributed by atoms with Gasteiger partial charge in [-0.05, 0) is 31.0 Å². The Labute approximate surface area is 140 Å². The fourth-order valence-electron chi connectivity index (χ4n) is 2.03. The van der Waals surface area contributed by atoms with Gasteiger partial charge >= 0.3 is 0 Å². The number of nitrogens with zero attached hydrogens (tertiary/aromatic N) is 3. The molecule has 22 heavy (non-hydrogen) atoms. The molecule has 0 radical (unpaired) electrons. The smallest absolute Gasteiger partial charge is 0.240 e. The lowest BCUT2D eigenvalue weighted by molar-refractivity contribution is 0.299. The van der Waals surface area contributed by atoms with Gasteiger partial charge in [0.2, 0.25) is 5.89 Å². The normalized spacial score (nSPS) is 10.6. The van der Waals surface area contributed by atoms with Crippen LogP contribution in [0.15, 0.2) is 27.6 Å². The summed E-state index contributed by atoms with van der Waals surface area (Å²) in [6, 6.07) is 6.24. The number of benzene rings is 1. The van der Waals surface area contributed by atoms with Crippen molar-refractivity contribution in [3.8, 4) is 5.75 Å². The van der Waals surface area contributed by atoms with E-state index in [0.717, 1.165) is 17.2 Å².